The summed E-state index contributed by atoms with van der Waals surface area (Å²) in [5.74, 6) is -0.222. The zero-order valence-electron chi connectivity index (χ0n) is 2.97. The third-order valence-corrected chi connectivity index (χ3v) is 0.545. The van der Waals surface area contributed by atoms with Crippen molar-refractivity contribution < 1.29 is 9.32 Å². The molecule has 0 rings (SSSR count). The van der Waals surface area contributed by atoms with E-state index in [9.17, 15) is 4.21 Å². The summed E-state index contributed by atoms with van der Waals surface area (Å²) >= 11 is 0. The van der Waals surface area contributed by atoms with Crippen LogP contribution >= 0.6 is 0 Å². The molecular formula is C2H6O2S. The Hall–Kier alpha value is 0.110. The normalized spacial score (nSPS) is 14.8. The molecule has 0 aromatic rings. The highest BCUT2D eigenvalue weighted by Gasteiger charge is 1.74. The molecule has 0 aliphatic heterocycles. The van der Waals surface area contributed by atoms with Crippen LogP contribution in [0.1, 0.15) is 0 Å². The molecule has 1 N–H and O–H groups in total. The quantitative estimate of drug-likeness (QED) is 0.467. The lowest BCUT2D eigenvalue weighted by Gasteiger charge is -1.74. The van der Waals surface area contributed by atoms with E-state index in [0.717, 1.165) is 0 Å². The highest BCUT2D eigenvalue weighted by atomic mass is 32.2. The van der Waals surface area contributed by atoms with Gasteiger partial charge >= 0.3 is 0 Å². The molecule has 0 heterocycles. The minimum atomic E-state index is -1.02. The molecule has 3 heteroatoms. The second-order valence-electron chi connectivity index (χ2n) is 0.702. The van der Waals surface area contributed by atoms with Crippen LogP contribution in [-0.2, 0) is 10.8 Å². The standard InChI is InChI=1S/C2H6O2S/c1-5(4)2-3/h3H,2H2,1H3/t5-/m0/s1. The smallest absolute Gasteiger partial charge is 0.118 e. The molecule has 0 bridgehead atoms. The summed E-state index contributed by atoms with van der Waals surface area (Å²) in [6.07, 6.45) is 1.44. The second-order valence-corrected chi connectivity index (χ2v) is 2.11. The van der Waals surface area contributed by atoms with E-state index in [1.165, 1.54) is 6.26 Å². The van der Waals surface area contributed by atoms with Gasteiger partial charge < -0.3 is 5.11 Å². The summed E-state index contributed by atoms with van der Waals surface area (Å²) in [5, 5.41) is 7.84. The minimum absolute atomic E-state index is 0.222. The van der Waals surface area contributed by atoms with Crippen LogP contribution in [0.15, 0.2) is 0 Å². The molecule has 0 aromatic carbocycles. The zero-order chi connectivity index (χ0) is 4.28. The third kappa shape index (κ3) is 4.11. The van der Waals surface area contributed by atoms with Gasteiger partial charge in [-0.3, -0.25) is 4.21 Å². The molecule has 0 saturated heterocycles. The average molecular weight is 94.1 g/mol. The Morgan fingerprint density at radius 2 is 2.20 bits per heavy atom. The summed E-state index contributed by atoms with van der Waals surface area (Å²) in [5.41, 5.74) is 0. The molecule has 5 heavy (non-hydrogen) atoms. The van der Waals surface area contributed by atoms with Gasteiger partial charge in [0.05, 0.1) is 0 Å². The fourth-order valence-electron chi connectivity index (χ4n) is 0. The van der Waals surface area contributed by atoms with Gasteiger partial charge in [-0.15, -0.1) is 0 Å². The predicted molar refractivity (Wildman–Crippen MR) is 21.2 cm³/mol. The second kappa shape index (κ2) is 2.35. The van der Waals surface area contributed by atoms with Gasteiger partial charge in [-0.1, -0.05) is 0 Å². The van der Waals surface area contributed by atoms with Gasteiger partial charge in [0.1, 0.15) is 5.94 Å². The summed E-state index contributed by atoms with van der Waals surface area (Å²) in [7, 11) is -1.02. The Morgan fingerprint density at radius 3 is 2.20 bits per heavy atom. The minimum Gasteiger partial charge on any atom is -0.383 e. The van der Waals surface area contributed by atoms with E-state index >= 15 is 0 Å². The maximum atomic E-state index is 9.67. The maximum Gasteiger partial charge on any atom is 0.118 e. The summed E-state index contributed by atoms with van der Waals surface area (Å²) in [6.45, 7) is 0. The zero-order valence-corrected chi connectivity index (χ0v) is 3.79. The Bertz CT molecular complexity index is 42.9. The van der Waals surface area contributed by atoms with Crippen molar-refractivity contribution in [1.29, 1.82) is 0 Å². The molecule has 0 amide bonds. The number of hydrogen-bond donors (Lipinski definition) is 1. The molecule has 0 aliphatic carbocycles. The molecule has 0 spiro atoms. The largest absolute Gasteiger partial charge is 0.383 e. The topological polar surface area (TPSA) is 37.3 Å². The molecule has 0 fully saturated rings. The number of aliphatic hydroxyl groups excluding tert-OH is 1. The van der Waals surface area contributed by atoms with Crippen molar-refractivity contribution >= 4 is 10.8 Å². The van der Waals surface area contributed by atoms with E-state index < -0.39 is 10.8 Å². The van der Waals surface area contributed by atoms with Gasteiger partial charge in [0.15, 0.2) is 0 Å². The monoisotopic (exact) mass is 94.0 g/mol. The van der Waals surface area contributed by atoms with Crippen molar-refractivity contribution in [1.82, 2.24) is 0 Å². The van der Waals surface area contributed by atoms with Crippen molar-refractivity contribution in [3.05, 3.63) is 0 Å². The molecule has 32 valence electrons. The van der Waals surface area contributed by atoms with Crippen molar-refractivity contribution in [2.45, 2.75) is 0 Å². The average Bonchev–Trinajstić information content (AvgIpc) is 1.38. The van der Waals surface area contributed by atoms with Gasteiger partial charge in [0.25, 0.3) is 0 Å². The van der Waals surface area contributed by atoms with Gasteiger partial charge in [-0.2, -0.15) is 0 Å². The third-order valence-electron chi connectivity index (χ3n) is 0.182. The fraction of sp³-hybridized carbons (Fsp3) is 1.00. The van der Waals surface area contributed by atoms with Crippen molar-refractivity contribution in [2.24, 2.45) is 0 Å². The Labute approximate surface area is 33.3 Å². The van der Waals surface area contributed by atoms with Crippen molar-refractivity contribution in [3.8, 4) is 0 Å². The van der Waals surface area contributed by atoms with Crippen LogP contribution in [0.25, 0.3) is 0 Å². The Morgan fingerprint density at radius 1 is 2.00 bits per heavy atom. The van der Waals surface area contributed by atoms with Crippen molar-refractivity contribution in [3.63, 3.8) is 0 Å². The van der Waals surface area contributed by atoms with Gasteiger partial charge in [-0.25, -0.2) is 0 Å². The summed E-state index contributed by atoms with van der Waals surface area (Å²) < 4.78 is 9.67. The Kier molecular flexibility index (Phi) is 2.41. The van der Waals surface area contributed by atoms with E-state index in [0.29, 0.717) is 0 Å². The van der Waals surface area contributed by atoms with Crippen LogP contribution in [-0.4, -0.2) is 21.5 Å². The lowest BCUT2D eigenvalue weighted by molar-refractivity contribution is 0.369. The Balaban J connectivity index is 2.85. The predicted octanol–water partition coefficient (Wildman–Crippen LogP) is -0.685. The molecule has 0 saturated carbocycles. The number of aliphatic hydroxyl groups is 1. The van der Waals surface area contributed by atoms with Gasteiger partial charge in [0, 0.05) is 17.1 Å². The van der Waals surface area contributed by atoms with E-state index in [2.05, 4.69) is 0 Å². The highest BCUT2D eigenvalue weighted by molar-refractivity contribution is 7.84. The van der Waals surface area contributed by atoms with E-state index in [4.69, 9.17) is 5.11 Å². The highest BCUT2D eigenvalue weighted by Crippen LogP contribution is 1.60. The van der Waals surface area contributed by atoms with Crippen LogP contribution in [0.2, 0.25) is 0 Å². The molecule has 0 aromatic heterocycles. The molecule has 1 atom stereocenters. The number of rotatable bonds is 1. The first kappa shape index (κ1) is 5.11. The van der Waals surface area contributed by atoms with Crippen LogP contribution in [0.5, 0.6) is 0 Å². The number of hydrogen-bond acceptors (Lipinski definition) is 2. The van der Waals surface area contributed by atoms with Crippen LogP contribution in [0.4, 0.5) is 0 Å². The van der Waals surface area contributed by atoms with E-state index in [1.807, 2.05) is 0 Å². The molecular weight excluding hydrogens is 88.1 g/mol. The molecule has 0 unspecified atom stereocenters. The fourth-order valence-corrected chi connectivity index (χ4v) is 0. The van der Waals surface area contributed by atoms with Crippen LogP contribution in [0, 0.1) is 0 Å². The summed E-state index contributed by atoms with van der Waals surface area (Å²) in [4.78, 5) is 0. The summed E-state index contributed by atoms with van der Waals surface area (Å²) in [6, 6.07) is 0. The molecule has 0 radical (unpaired) electrons. The first-order chi connectivity index (χ1) is 2.27. The van der Waals surface area contributed by atoms with Gasteiger partial charge in [0.2, 0.25) is 0 Å². The molecule has 0 aliphatic rings. The first-order valence-corrected chi connectivity index (χ1v) is 2.91. The molecule has 2 nitrogen and oxygen atoms in total. The van der Waals surface area contributed by atoms with E-state index in [-0.39, 0.29) is 5.94 Å². The lowest BCUT2D eigenvalue weighted by atomic mass is 11.7. The SMILES string of the molecule is C[S@](=O)CO. The van der Waals surface area contributed by atoms with Crippen molar-refractivity contribution in [2.75, 3.05) is 12.2 Å². The van der Waals surface area contributed by atoms with E-state index in [1.54, 1.807) is 0 Å². The van der Waals surface area contributed by atoms with Crippen LogP contribution < -0.4 is 0 Å². The first-order valence-electron chi connectivity index (χ1n) is 1.18. The maximum absolute atomic E-state index is 9.67. The lowest BCUT2D eigenvalue weighted by Crippen LogP contribution is -1.88. The van der Waals surface area contributed by atoms with Crippen LogP contribution in [0.3, 0.4) is 0 Å². The van der Waals surface area contributed by atoms with Gasteiger partial charge in [-0.05, 0) is 0 Å².